The lowest BCUT2D eigenvalue weighted by molar-refractivity contribution is -0.161. The molecule has 0 bridgehead atoms. The van der Waals surface area contributed by atoms with E-state index in [9.17, 15) is 14.7 Å². The SMILES string of the molecule is CCOC(=O)CCCCCOC1(C(=O)O)C=CC(c2ccccc2)=CC1c1ccc2c(c1)C(C)(C)CCC2(C)C. The van der Waals surface area contributed by atoms with E-state index in [4.69, 9.17) is 9.47 Å². The molecule has 0 saturated heterocycles. The zero-order valence-corrected chi connectivity index (χ0v) is 24.7. The average Bonchev–Trinajstić information content (AvgIpc) is 2.93. The van der Waals surface area contributed by atoms with Crippen LogP contribution >= 0.6 is 0 Å². The maximum Gasteiger partial charge on any atom is 0.341 e. The highest BCUT2D eigenvalue weighted by Gasteiger charge is 2.47. The van der Waals surface area contributed by atoms with Gasteiger partial charge in [0.25, 0.3) is 0 Å². The molecule has 2 atom stereocenters. The zero-order chi connectivity index (χ0) is 29.0. The normalized spacial score (nSPS) is 22.7. The number of esters is 1. The molecule has 214 valence electrons. The van der Waals surface area contributed by atoms with Crippen molar-refractivity contribution in [2.45, 2.75) is 95.5 Å². The largest absolute Gasteiger partial charge is 0.479 e. The second-order valence-corrected chi connectivity index (χ2v) is 12.4. The standard InChI is InChI=1S/C35H44O5/c1-6-39-31(36)15-11-8-12-22-40-35(32(37)38)19-18-26(25-13-9-7-10-14-25)23-29(35)27-16-17-28-30(24-27)34(4,5)21-20-33(28,2)3/h7,9-10,13-14,16-19,23-24,29H,6,8,11-12,15,20-22H2,1-5H3,(H,37,38). The van der Waals surface area contributed by atoms with E-state index >= 15 is 0 Å². The van der Waals surface area contributed by atoms with Crippen LogP contribution in [0.2, 0.25) is 0 Å². The highest BCUT2D eigenvalue weighted by Crippen LogP contribution is 2.48. The Morgan fingerprint density at radius 3 is 2.30 bits per heavy atom. The first-order valence-corrected chi connectivity index (χ1v) is 14.6. The van der Waals surface area contributed by atoms with Crippen molar-refractivity contribution < 1.29 is 24.2 Å². The second-order valence-electron chi connectivity index (χ2n) is 12.4. The van der Waals surface area contributed by atoms with Crippen molar-refractivity contribution in [2.24, 2.45) is 0 Å². The molecule has 2 unspecified atom stereocenters. The fraction of sp³-hybridized carbons (Fsp3) is 0.486. The lowest BCUT2D eigenvalue weighted by Crippen LogP contribution is -2.46. The zero-order valence-electron chi connectivity index (χ0n) is 24.7. The summed E-state index contributed by atoms with van der Waals surface area (Å²) in [7, 11) is 0. The molecule has 0 aromatic heterocycles. The van der Waals surface area contributed by atoms with Crippen molar-refractivity contribution in [1.29, 1.82) is 0 Å². The van der Waals surface area contributed by atoms with Crippen LogP contribution in [0.3, 0.4) is 0 Å². The van der Waals surface area contributed by atoms with Gasteiger partial charge >= 0.3 is 11.9 Å². The van der Waals surface area contributed by atoms with Crippen LogP contribution < -0.4 is 0 Å². The molecule has 0 saturated carbocycles. The minimum Gasteiger partial charge on any atom is -0.479 e. The van der Waals surface area contributed by atoms with E-state index < -0.39 is 17.5 Å². The molecule has 5 heteroatoms. The van der Waals surface area contributed by atoms with Crippen molar-refractivity contribution in [3.05, 3.63) is 89.0 Å². The van der Waals surface area contributed by atoms with Gasteiger partial charge in [-0.15, -0.1) is 0 Å². The fourth-order valence-electron chi connectivity index (χ4n) is 6.07. The van der Waals surface area contributed by atoms with Crippen LogP contribution in [-0.4, -0.2) is 35.9 Å². The van der Waals surface area contributed by atoms with E-state index in [2.05, 4.69) is 52.0 Å². The van der Waals surface area contributed by atoms with Gasteiger partial charge in [0.15, 0.2) is 5.60 Å². The van der Waals surface area contributed by atoms with E-state index in [1.165, 1.54) is 11.1 Å². The van der Waals surface area contributed by atoms with Crippen molar-refractivity contribution >= 4 is 17.5 Å². The molecular formula is C35H44O5. The predicted octanol–water partition coefficient (Wildman–Crippen LogP) is 7.74. The van der Waals surface area contributed by atoms with Gasteiger partial charge in [0.1, 0.15) is 0 Å². The topological polar surface area (TPSA) is 72.8 Å². The summed E-state index contributed by atoms with van der Waals surface area (Å²) in [6, 6.07) is 16.6. The number of fused-ring (bicyclic) bond motifs is 1. The van der Waals surface area contributed by atoms with Crippen LogP contribution in [0.4, 0.5) is 0 Å². The molecule has 40 heavy (non-hydrogen) atoms. The summed E-state index contributed by atoms with van der Waals surface area (Å²) in [5, 5.41) is 10.7. The molecule has 2 aromatic rings. The number of carbonyl (C=O) groups is 2. The maximum atomic E-state index is 13.0. The van der Waals surface area contributed by atoms with E-state index in [0.717, 1.165) is 36.0 Å². The summed E-state index contributed by atoms with van der Waals surface area (Å²) in [6.07, 6.45) is 10.4. The van der Waals surface area contributed by atoms with E-state index in [0.29, 0.717) is 25.9 Å². The van der Waals surface area contributed by atoms with Gasteiger partial charge in [0.2, 0.25) is 0 Å². The van der Waals surface area contributed by atoms with Gasteiger partial charge in [-0.05, 0) is 77.3 Å². The third-order valence-electron chi connectivity index (χ3n) is 8.67. The number of allylic oxidation sites excluding steroid dienone is 2. The first-order chi connectivity index (χ1) is 19.0. The number of benzene rings is 2. The predicted molar refractivity (Wildman–Crippen MR) is 159 cm³/mol. The molecule has 0 fully saturated rings. The van der Waals surface area contributed by atoms with Crippen molar-refractivity contribution in [3.63, 3.8) is 0 Å². The molecule has 0 spiro atoms. The summed E-state index contributed by atoms with van der Waals surface area (Å²) in [6.45, 7) is 11.6. The monoisotopic (exact) mass is 544 g/mol. The van der Waals surface area contributed by atoms with E-state index in [1.807, 2.05) is 36.4 Å². The molecule has 0 amide bonds. The maximum absolute atomic E-state index is 13.0. The van der Waals surface area contributed by atoms with Gasteiger partial charge in [-0.3, -0.25) is 4.79 Å². The van der Waals surface area contributed by atoms with Crippen LogP contribution in [0.5, 0.6) is 0 Å². The number of carbonyl (C=O) groups excluding carboxylic acids is 1. The number of ether oxygens (including phenoxy) is 2. The molecule has 2 aromatic carbocycles. The molecule has 0 radical (unpaired) electrons. The van der Waals surface area contributed by atoms with Crippen LogP contribution in [0.15, 0.2) is 66.8 Å². The van der Waals surface area contributed by atoms with Gasteiger partial charge < -0.3 is 14.6 Å². The summed E-state index contributed by atoms with van der Waals surface area (Å²) in [5.74, 6) is -1.70. The first-order valence-electron chi connectivity index (χ1n) is 14.6. The molecule has 0 aliphatic heterocycles. The third-order valence-corrected chi connectivity index (χ3v) is 8.67. The number of hydrogen-bond donors (Lipinski definition) is 1. The molecular weight excluding hydrogens is 500 g/mol. The number of aliphatic carboxylic acids is 1. The summed E-state index contributed by atoms with van der Waals surface area (Å²) < 4.78 is 11.3. The van der Waals surface area contributed by atoms with Crippen molar-refractivity contribution in [1.82, 2.24) is 0 Å². The van der Waals surface area contributed by atoms with Gasteiger partial charge in [0, 0.05) is 18.9 Å². The highest BCUT2D eigenvalue weighted by atomic mass is 16.5. The second kappa shape index (κ2) is 12.1. The van der Waals surface area contributed by atoms with Gasteiger partial charge in [-0.1, -0.05) is 94.8 Å². The Balaban J connectivity index is 1.67. The van der Waals surface area contributed by atoms with E-state index in [-0.39, 0.29) is 23.4 Å². The number of carboxylic acid groups (broad SMARTS) is 1. The number of rotatable bonds is 11. The van der Waals surface area contributed by atoms with Gasteiger partial charge in [-0.2, -0.15) is 0 Å². The Morgan fingerprint density at radius 1 is 0.925 bits per heavy atom. The van der Waals surface area contributed by atoms with Crippen LogP contribution in [-0.2, 0) is 29.9 Å². The smallest absolute Gasteiger partial charge is 0.341 e. The highest BCUT2D eigenvalue weighted by molar-refractivity contribution is 5.88. The molecule has 5 nitrogen and oxygen atoms in total. The lowest BCUT2D eigenvalue weighted by atomic mass is 9.62. The first kappa shape index (κ1) is 29.8. The van der Waals surface area contributed by atoms with Crippen molar-refractivity contribution in [2.75, 3.05) is 13.2 Å². The molecule has 2 aliphatic carbocycles. The number of hydrogen-bond acceptors (Lipinski definition) is 4. The fourth-order valence-corrected chi connectivity index (χ4v) is 6.07. The summed E-state index contributed by atoms with van der Waals surface area (Å²) >= 11 is 0. The Bertz CT molecular complexity index is 1270. The summed E-state index contributed by atoms with van der Waals surface area (Å²) in [4.78, 5) is 24.7. The quantitative estimate of drug-likeness (QED) is 0.231. The van der Waals surface area contributed by atoms with Crippen LogP contribution in [0.25, 0.3) is 5.57 Å². The average molecular weight is 545 g/mol. The molecule has 2 aliphatic rings. The minimum atomic E-state index is -1.53. The molecule has 1 N–H and O–H groups in total. The van der Waals surface area contributed by atoms with Crippen LogP contribution in [0, 0.1) is 0 Å². The van der Waals surface area contributed by atoms with Gasteiger partial charge in [-0.25, -0.2) is 4.79 Å². The van der Waals surface area contributed by atoms with E-state index in [1.54, 1.807) is 13.0 Å². The Kier molecular flexibility index (Phi) is 9.04. The Morgan fingerprint density at radius 2 is 1.62 bits per heavy atom. The number of carboxylic acids is 1. The third kappa shape index (κ3) is 6.25. The molecule has 0 heterocycles. The summed E-state index contributed by atoms with van der Waals surface area (Å²) in [5.41, 5.74) is 4.17. The van der Waals surface area contributed by atoms with Crippen molar-refractivity contribution in [3.8, 4) is 0 Å². The Hall–Kier alpha value is -3.18. The molecule has 4 rings (SSSR count). The number of unbranched alkanes of at least 4 members (excludes halogenated alkanes) is 2. The Labute approximate surface area is 239 Å². The lowest BCUT2D eigenvalue weighted by Gasteiger charge is -2.43. The minimum absolute atomic E-state index is 0.00299. The van der Waals surface area contributed by atoms with Crippen LogP contribution in [0.1, 0.15) is 101 Å². The van der Waals surface area contributed by atoms with Gasteiger partial charge in [0.05, 0.1) is 6.61 Å².